The number of halogens is 1. The van der Waals surface area contributed by atoms with Gasteiger partial charge in [-0.25, -0.2) is 9.97 Å². The van der Waals surface area contributed by atoms with E-state index in [-0.39, 0.29) is 24.0 Å². The van der Waals surface area contributed by atoms with E-state index in [1.165, 1.54) is 6.42 Å². The molecule has 0 aliphatic carbocycles. The molecular formula is C14H25IN6. The van der Waals surface area contributed by atoms with Gasteiger partial charge in [0.25, 0.3) is 0 Å². The van der Waals surface area contributed by atoms with Crippen molar-refractivity contribution in [1.82, 2.24) is 15.3 Å². The van der Waals surface area contributed by atoms with Gasteiger partial charge in [0.1, 0.15) is 0 Å². The average Bonchev–Trinajstić information content (AvgIpc) is 2.52. The summed E-state index contributed by atoms with van der Waals surface area (Å²) in [5.74, 6) is 1.90. The molecule has 0 radical (unpaired) electrons. The third-order valence-corrected chi connectivity index (χ3v) is 3.43. The molecule has 0 amide bonds. The number of aromatic nitrogens is 2. The summed E-state index contributed by atoms with van der Waals surface area (Å²) in [6.07, 6.45) is 6.97. The van der Waals surface area contributed by atoms with E-state index in [1.54, 1.807) is 12.4 Å². The third-order valence-electron chi connectivity index (χ3n) is 3.43. The molecule has 1 aliphatic heterocycles. The van der Waals surface area contributed by atoms with Gasteiger partial charge >= 0.3 is 0 Å². The van der Waals surface area contributed by atoms with E-state index in [0.29, 0.717) is 11.9 Å². The fraction of sp³-hybridized carbons (Fsp3) is 0.643. The number of aliphatic imine (C=N–C) groups is 1. The Morgan fingerprint density at radius 1 is 1.48 bits per heavy atom. The van der Waals surface area contributed by atoms with E-state index in [9.17, 15) is 0 Å². The molecule has 21 heavy (non-hydrogen) atoms. The number of nitrogens with two attached hydrogens (primary N) is 1. The SMILES string of the molecule is CCCNC(N)=NCC1CCCN(c2ncccn2)C1.I. The Bertz CT molecular complexity index is 425. The van der Waals surface area contributed by atoms with E-state index in [4.69, 9.17) is 5.73 Å². The number of nitrogens with zero attached hydrogens (tertiary/aromatic N) is 4. The van der Waals surface area contributed by atoms with Crippen molar-refractivity contribution in [2.75, 3.05) is 31.1 Å². The third kappa shape index (κ3) is 6.03. The Morgan fingerprint density at radius 2 is 2.24 bits per heavy atom. The fourth-order valence-electron chi connectivity index (χ4n) is 2.39. The van der Waals surface area contributed by atoms with Gasteiger partial charge in [-0.1, -0.05) is 6.92 Å². The van der Waals surface area contributed by atoms with Crippen LogP contribution >= 0.6 is 24.0 Å². The molecule has 0 saturated carbocycles. The Kier molecular flexibility index (Phi) is 8.33. The standard InChI is InChI=1S/C14H24N6.HI/c1-2-6-16-13(15)19-10-12-5-3-9-20(11-12)14-17-7-4-8-18-14;/h4,7-8,12H,2-3,5-6,9-11H2,1H3,(H3,15,16,19);1H. The Hall–Kier alpha value is -1.12. The quantitative estimate of drug-likeness (QED) is 0.443. The van der Waals surface area contributed by atoms with E-state index in [2.05, 4.69) is 32.1 Å². The zero-order chi connectivity index (χ0) is 14.2. The molecule has 1 fully saturated rings. The lowest BCUT2D eigenvalue weighted by molar-refractivity contribution is 0.420. The zero-order valence-electron chi connectivity index (χ0n) is 12.5. The Morgan fingerprint density at radius 3 is 2.95 bits per heavy atom. The second-order valence-corrected chi connectivity index (χ2v) is 5.16. The van der Waals surface area contributed by atoms with Gasteiger partial charge in [0.2, 0.25) is 5.95 Å². The van der Waals surface area contributed by atoms with Crippen LogP contribution in [0.25, 0.3) is 0 Å². The number of hydrogen-bond donors (Lipinski definition) is 2. The van der Waals surface area contributed by atoms with E-state index in [1.807, 2.05) is 6.07 Å². The molecule has 2 heterocycles. The first-order chi connectivity index (χ1) is 9.79. The molecule has 2 rings (SSSR count). The lowest BCUT2D eigenvalue weighted by atomic mass is 9.98. The maximum Gasteiger partial charge on any atom is 0.225 e. The minimum atomic E-state index is 0. The van der Waals surface area contributed by atoms with Gasteiger partial charge in [0.15, 0.2) is 5.96 Å². The predicted octanol–water partition coefficient (Wildman–Crippen LogP) is 1.63. The van der Waals surface area contributed by atoms with Crippen LogP contribution in [-0.4, -0.2) is 42.1 Å². The first-order valence-electron chi connectivity index (χ1n) is 7.35. The fourth-order valence-corrected chi connectivity index (χ4v) is 2.39. The molecule has 1 aromatic rings. The van der Waals surface area contributed by atoms with Crippen LogP contribution in [0.4, 0.5) is 5.95 Å². The van der Waals surface area contributed by atoms with Crippen molar-refractivity contribution < 1.29 is 0 Å². The summed E-state index contributed by atoms with van der Waals surface area (Å²) in [5, 5.41) is 3.10. The van der Waals surface area contributed by atoms with Crippen molar-refractivity contribution in [2.24, 2.45) is 16.6 Å². The van der Waals surface area contributed by atoms with Crippen molar-refractivity contribution in [2.45, 2.75) is 26.2 Å². The second-order valence-electron chi connectivity index (χ2n) is 5.16. The first kappa shape index (κ1) is 17.9. The van der Waals surface area contributed by atoms with Crippen molar-refractivity contribution >= 4 is 35.9 Å². The number of rotatable bonds is 5. The number of hydrogen-bond acceptors (Lipinski definition) is 4. The largest absolute Gasteiger partial charge is 0.370 e. The summed E-state index contributed by atoms with van der Waals surface area (Å²) in [5.41, 5.74) is 5.82. The molecule has 1 unspecified atom stereocenters. The van der Waals surface area contributed by atoms with Crippen molar-refractivity contribution in [3.63, 3.8) is 0 Å². The molecule has 1 aliphatic rings. The van der Waals surface area contributed by atoms with Gasteiger partial charge in [-0.05, 0) is 31.2 Å². The first-order valence-corrected chi connectivity index (χ1v) is 7.35. The molecule has 1 atom stereocenters. The minimum absolute atomic E-state index is 0. The highest BCUT2D eigenvalue weighted by atomic mass is 127. The molecule has 1 saturated heterocycles. The van der Waals surface area contributed by atoms with Gasteiger partial charge in [0.05, 0.1) is 0 Å². The molecule has 1 aromatic heterocycles. The summed E-state index contributed by atoms with van der Waals surface area (Å²) < 4.78 is 0. The molecule has 0 spiro atoms. The predicted molar refractivity (Wildman–Crippen MR) is 97.2 cm³/mol. The summed E-state index contributed by atoms with van der Waals surface area (Å²) in [4.78, 5) is 15.3. The Balaban J connectivity index is 0.00000220. The molecule has 6 nitrogen and oxygen atoms in total. The topological polar surface area (TPSA) is 79.4 Å². The Labute approximate surface area is 143 Å². The van der Waals surface area contributed by atoms with Gasteiger partial charge in [-0.15, -0.1) is 24.0 Å². The van der Waals surface area contributed by atoms with Crippen molar-refractivity contribution in [1.29, 1.82) is 0 Å². The van der Waals surface area contributed by atoms with Gasteiger partial charge < -0.3 is 16.0 Å². The van der Waals surface area contributed by atoms with Gasteiger partial charge in [-0.2, -0.15) is 0 Å². The lowest BCUT2D eigenvalue weighted by Gasteiger charge is -2.31. The maximum atomic E-state index is 5.82. The van der Waals surface area contributed by atoms with E-state index >= 15 is 0 Å². The number of guanidine groups is 1. The molecule has 0 aromatic carbocycles. The summed E-state index contributed by atoms with van der Waals surface area (Å²) in [6.45, 7) is 5.73. The van der Waals surface area contributed by atoms with Gasteiger partial charge in [-0.3, -0.25) is 4.99 Å². The summed E-state index contributed by atoms with van der Waals surface area (Å²) in [6, 6.07) is 1.84. The van der Waals surface area contributed by atoms with Gasteiger partial charge in [0, 0.05) is 38.6 Å². The summed E-state index contributed by atoms with van der Waals surface area (Å²) >= 11 is 0. The molecule has 0 bridgehead atoms. The van der Waals surface area contributed by atoms with Crippen LogP contribution in [0.15, 0.2) is 23.5 Å². The monoisotopic (exact) mass is 404 g/mol. The lowest BCUT2D eigenvalue weighted by Crippen LogP contribution is -2.38. The second kappa shape index (κ2) is 9.75. The van der Waals surface area contributed by atoms with Crippen LogP contribution in [0.1, 0.15) is 26.2 Å². The highest BCUT2D eigenvalue weighted by Crippen LogP contribution is 2.19. The zero-order valence-corrected chi connectivity index (χ0v) is 14.9. The van der Waals surface area contributed by atoms with Crippen LogP contribution in [-0.2, 0) is 0 Å². The number of nitrogens with one attached hydrogen (secondary N) is 1. The maximum absolute atomic E-state index is 5.82. The van der Waals surface area contributed by atoms with Crippen LogP contribution in [0.3, 0.4) is 0 Å². The van der Waals surface area contributed by atoms with Crippen LogP contribution in [0.2, 0.25) is 0 Å². The molecule has 118 valence electrons. The highest BCUT2D eigenvalue weighted by Gasteiger charge is 2.21. The van der Waals surface area contributed by atoms with E-state index < -0.39 is 0 Å². The van der Waals surface area contributed by atoms with E-state index in [0.717, 1.165) is 45.0 Å². The average molecular weight is 404 g/mol. The summed E-state index contributed by atoms with van der Waals surface area (Å²) in [7, 11) is 0. The smallest absolute Gasteiger partial charge is 0.225 e. The van der Waals surface area contributed by atoms with Crippen molar-refractivity contribution in [3.05, 3.63) is 18.5 Å². The molecule has 7 heteroatoms. The normalized spacial score (nSPS) is 19.0. The van der Waals surface area contributed by atoms with Crippen molar-refractivity contribution in [3.8, 4) is 0 Å². The molecule has 3 N–H and O–H groups in total. The molecular weight excluding hydrogens is 379 g/mol. The van der Waals surface area contributed by atoms with Crippen LogP contribution in [0, 0.1) is 5.92 Å². The number of piperidine rings is 1. The number of anilines is 1. The minimum Gasteiger partial charge on any atom is -0.370 e. The van der Waals surface area contributed by atoms with Crippen LogP contribution in [0.5, 0.6) is 0 Å². The highest BCUT2D eigenvalue weighted by molar-refractivity contribution is 14.0. The van der Waals surface area contributed by atoms with Crippen LogP contribution < -0.4 is 16.0 Å².